The molecule has 1 N–H and O–H groups in total. The van der Waals surface area contributed by atoms with Crippen molar-refractivity contribution in [1.82, 2.24) is 0 Å². The number of carboxylic acid groups (broad SMARTS) is 1. The average molecular weight is 268 g/mol. The van der Waals surface area contributed by atoms with Crippen molar-refractivity contribution in [2.75, 3.05) is 0 Å². The predicted octanol–water partition coefficient (Wildman–Crippen LogP) is 4.85. The van der Waals surface area contributed by atoms with Crippen molar-refractivity contribution in [3.63, 3.8) is 0 Å². The zero-order valence-electron chi connectivity index (χ0n) is 12.1. The van der Waals surface area contributed by atoms with Crippen LogP contribution >= 0.6 is 0 Å². The monoisotopic (exact) mass is 268 g/mol. The molecule has 19 heavy (non-hydrogen) atoms. The summed E-state index contributed by atoms with van der Waals surface area (Å²) in [4.78, 5) is 10.5. The van der Waals surface area contributed by atoms with Crippen molar-refractivity contribution in [1.29, 1.82) is 0 Å². The molecule has 2 fully saturated rings. The maximum absolute atomic E-state index is 10.5. The summed E-state index contributed by atoms with van der Waals surface area (Å²) in [7, 11) is 0. The van der Waals surface area contributed by atoms with Crippen LogP contribution in [0.1, 0.15) is 71.1 Å². The van der Waals surface area contributed by atoms with Gasteiger partial charge in [-0.3, -0.25) is 0 Å². The van der Waals surface area contributed by atoms with E-state index in [1.54, 1.807) is 0 Å². The second kappa shape index (κ2) is 7.16. The van der Waals surface area contributed by atoms with E-state index in [-0.39, 0.29) is 6.10 Å². The fraction of sp³-hybridized carbons (Fsp3) is 0.938. The molecule has 0 atom stereocenters. The van der Waals surface area contributed by atoms with Gasteiger partial charge in [0.2, 0.25) is 0 Å². The van der Waals surface area contributed by atoms with Crippen LogP contribution in [-0.2, 0) is 4.74 Å². The van der Waals surface area contributed by atoms with Crippen molar-refractivity contribution in [2.45, 2.75) is 77.2 Å². The second-order valence-electron chi connectivity index (χ2n) is 6.49. The molecule has 0 bridgehead atoms. The molecule has 0 amide bonds. The molecule has 2 aliphatic rings. The molecule has 0 aromatic rings. The topological polar surface area (TPSA) is 46.5 Å². The van der Waals surface area contributed by atoms with E-state index < -0.39 is 6.16 Å². The summed E-state index contributed by atoms with van der Waals surface area (Å²) >= 11 is 0. The van der Waals surface area contributed by atoms with Crippen LogP contribution < -0.4 is 0 Å². The van der Waals surface area contributed by atoms with E-state index in [9.17, 15) is 4.79 Å². The Labute approximate surface area is 116 Å². The minimum atomic E-state index is -1.11. The molecule has 2 rings (SSSR count). The number of carbonyl (C=O) groups is 1. The number of hydrogen-bond donors (Lipinski definition) is 1. The van der Waals surface area contributed by atoms with Crippen LogP contribution in [0.2, 0.25) is 0 Å². The second-order valence-corrected chi connectivity index (χ2v) is 6.49. The van der Waals surface area contributed by atoms with Gasteiger partial charge in [-0.25, -0.2) is 4.79 Å². The molecule has 3 heteroatoms. The highest BCUT2D eigenvalue weighted by molar-refractivity contribution is 5.57. The Morgan fingerprint density at radius 1 is 1.00 bits per heavy atom. The molecule has 0 heterocycles. The third-order valence-corrected chi connectivity index (χ3v) is 5.24. The highest BCUT2D eigenvalue weighted by Gasteiger charge is 2.31. The van der Waals surface area contributed by atoms with Gasteiger partial charge in [0.05, 0.1) is 0 Å². The molecular formula is C16H28O3. The van der Waals surface area contributed by atoms with Crippen LogP contribution in [0.25, 0.3) is 0 Å². The molecule has 110 valence electrons. The van der Waals surface area contributed by atoms with Gasteiger partial charge in [0.15, 0.2) is 0 Å². The highest BCUT2D eigenvalue weighted by Crippen LogP contribution is 2.41. The van der Waals surface area contributed by atoms with Crippen LogP contribution in [0.15, 0.2) is 0 Å². The third-order valence-electron chi connectivity index (χ3n) is 5.24. The van der Waals surface area contributed by atoms with Gasteiger partial charge in [0.25, 0.3) is 0 Å². The van der Waals surface area contributed by atoms with Gasteiger partial charge >= 0.3 is 6.16 Å². The lowest BCUT2D eigenvalue weighted by atomic mass is 9.70. The Bertz CT molecular complexity index is 274. The Morgan fingerprint density at radius 3 is 2.00 bits per heavy atom. The number of hydrogen-bond acceptors (Lipinski definition) is 2. The maximum atomic E-state index is 10.5. The highest BCUT2D eigenvalue weighted by atomic mass is 16.7. The first-order valence-corrected chi connectivity index (χ1v) is 8.08. The van der Waals surface area contributed by atoms with E-state index >= 15 is 0 Å². The Kier molecular flexibility index (Phi) is 5.53. The van der Waals surface area contributed by atoms with Crippen molar-refractivity contribution >= 4 is 6.16 Å². The van der Waals surface area contributed by atoms with Crippen molar-refractivity contribution < 1.29 is 14.6 Å². The minimum Gasteiger partial charge on any atom is -0.450 e. The molecule has 0 radical (unpaired) electrons. The fourth-order valence-corrected chi connectivity index (χ4v) is 4.18. The van der Waals surface area contributed by atoms with Crippen LogP contribution in [0.3, 0.4) is 0 Å². The zero-order valence-corrected chi connectivity index (χ0v) is 12.1. The van der Waals surface area contributed by atoms with Crippen molar-refractivity contribution in [3.8, 4) is 0 Å². The lowest BCUT2D eigenvalue weighted by Gasteiger charge is -2.37. The minimum absolute atomic E-state index is 0.0369. The number of ether oxygens (including phenoxy) is 1. The standard InChI is InChI=1S/C16H28O3/c1-2-3-12-4-6-13(7-5-12)14-8-10-15(11-9-14)19-16(17)18/h12-15H,2-11H2,1H3,(H,17,18)/t12-,13-,14-,15-. The number of rotatable bonds is 4. The summed E-state index contributed by atoms with van der Waals surface area (Å²) in [6, 6.07) is 0. The molecule has 0 aromatic heterocycles. The maximum Gasteiger partial charge on any atom is 0.506 e. The van der Waals surface area contributed by atoms with Gasteiger partial charge in [-0.1, -0.05) is 32.6 Å². The Hall–Kier alpha value is -0.730. The average Bonchev–Trinajstić information content (AvgIpc) is 2.40. The largest absolute Gasteiger partial charge is 0.506 e. The summed E-state index contributed by atoms with van der Waals surface area (Å²) in [6.07, 6.45) is 11.4. The Morgan fingerprint density at radius 2 is 1.53 bits per heavy atom. The molecule has 0 unspecified atom stereocenters. The molecule has 2 aliphatic carbocycles. The van der Waals surface area contributed by atoms with Crippen molar-refractivity contribution in [2.24, 2.45) is 17.8 Å². The van der Waals surface area contributed by atoms with E-state index in [1.807, 2.05) is 0 Å². The van der Waals surface area contributed by atoms with Gasteiger partial charge in [-0.15, -0.1) is 0 Å². The normalized spacial score (nSPS) is 35.8. The first-order chi connectivity index (χ1) is 9.19. The van der Waals surface area contributed by atoms with Crippen molar-refractivity contribution in [3.05, 3.63) is 0 Å². The van der Waals surface area contributed by atoms with Gasteiger partial charge in [-0.2, -0.15) is 0 Å². The van der Waals surface area contributed by atoms with Gasteiger partial charge in [0, 0.05) is 0 Å². The molecule has 3 nitrogen and oxygen atoms in total. The van der Waals surface area contributed by atoms with Gasteiger partial charge in [0.1, 0.15) is 6.10 Å². The molecule has 0 aliphatic heterocycles. The predicted molar refractivity (Wildman–Crippen MR) is 75.2 cm³/mol. The zero-order chi connectivity index (χ0) is 13.7. The third kappa shape index (κ3) is 4.39. The lowest BCUT2D eigenvalue weighted by molar-refractivity contribution is 0.0192. The summed E-state index contributed by atoms with van der Waals surface area (Å²) in [5, 5.41) is 8.64. The molecule has 0 aromatic carbocycles. The van der Waals surface area contributed by atoms with Crippen LogP contribution in [0.5, 0.6) is 0 Å². The summed E-state index contributed by atoms with van der Waals surface area (Å²) in [5.41, 5.74) is 0. The van der Waals surface area contributed by atoms with E-state index in [0.29, 0.717) is 0 Å². The van der Waals surface area contributed by atoms with E-state index in [1.165, 1.54) is 51.4 Å². The Balaban J connectivity index is 1.69. The molecule has 0 spiro atoms. The van der Waals surface area contributed by atoms with E-state index in [0.717, 1.165) is 30.6 Å². The summed E-state index contributed by atoms with van der Waals surface area (Å²) in [6.45, 7) is 2.29. The van der Waals surface area contributed by atoms with Crippen LogP contribution in [0, 0.1) is 17.8 Å². The smallest absolute Gasteiger partial charge is 0.450 e. The molecule has 2 saturated carbocycles. The first-order valence-electron chi connectivity index (χ1n) is 8.08. The first kappa shape index (κ1) is 14.7. The van der Waals surface area contributed by atoms with Crippen LogP contribution in [0.4, 0.5) is 4.79 Å². The summed E-state index contributed by atoms with van der Waals surface area (Å²) in [5.74, 6) is 2.71. The SMILES string of the molecule is CCC[C@H]1CC[C@H]([C@H]2CC[C@H](OC(=O)O)CC2)CC1. The molecule has 0 saturated heterocycles. The quantitative estimate of drug-likeness (QED) is 0.742. The molecular weight excluding hydrogens is 240 g/mol. The van der Waals surface area contributed by atoms with Crippen LogP contribution in [-0.4, -0.2) is 17.4 Å². The summed E-state index contributed by atoms with van der Waals surface area (Å²) < 4.78 is 4.89. The van der Waals surface area contributed by atoms with E-state index in [2.05, 4.69) is 6.92 Å². The van der Waals surface area contributed by atoms with E-state index in [4.69, 9.17) is 9.84 Å². The lowest BCUT2D eigenvalue weighted by Crippen LogP contribution is -2.29. The van der Waals surface area contributed by atoms with Gasteiger partial charge < -0.3 is 9.84 Å². The fourth-order valence-electron chi connectivity index (χ4n) is 4.18. The van der Waals surface area contributed by atoms with Gasteiger partial charge in [-0.05, 0) is 56.3 Å².